The van der Waals surface area contributed by atoms with E-state index in [4.69, 9.17) is 17.3 Å². The zero-order valence-electron chi connectivity index (χ0n) is 12.3. The van der Waals surface area contributed by atoms with Crippen LogP contribution in [0.5, 0.6) is 0 Å². The zero-order valence-corrected chi connectivity index (χ0v) is 13.0. The molecule has 7 nitrogen and oxygen atoms in total. The van der Waals surface area contributed by atoms with E-state index in [1.807, 2.05) is 12.1 Å². The van der Waals surface area contributed by atoms with Gasteiger partial charge in [-0.05, 0) is 30.5 Å². The molecule has 0 aliphatic heterocycles. The fraction of sp³-hybridized carbons (Fsp3) is 0.133. The van der Waals surface area contributed by atoms with Crippen LogP contribution in [0.1, 0.15) is 16.2 Å². The summed E-state index contributed by atoms with van der Waals surface area (Å²) < 4.78 is 1.77. The van der Waals surface area contributed by atoms with Gasteiger partial charge < -0.3 is 15.6 Å². The Hall–Kier alpha value is -2.80. The Labute approximate surface area is 136 Å². The molecule has 0 radical (unpaired) electrons. The Balaban J connectivity index is 1.83. The summed E-state index contributed by atoms with van der Waals surface area (Å²) in [5.74, 6) is -1.00. The number of benzene rings is 1. The number of fused-ring (bicyclic) bond motifs is 1. The summed E-state index contributed by atoms with van der Waals surface area (Å²) in [6, 6.07) is 7.37. The first-order valence-electron chi connectivity index (χ1n) is 6.84. The van der Waals surface area contributed by atoms with E-state index in [1.165, 1.54) is 0 Å². The molecule has 1 aromatic carbocycles. The summed E-state index contributed by atoms with van der Waals surface area (Å²) in [4.78, 5) is 23.6. The molecule has 2 amide bonds. The highest BCUT2D eigenvalue weighted by atomic mass is 35.5. The first kappa shape index (κ1) is 15.1. The first-order valence-corrected chi connectivity index (χ1v) is 7.22. The Morgan fingerprint density at radius 1 is 1.39 bits per heavy atom. The molecule has 8 heteroatoms. The van der Waals surface area contributed by atoms with Gasteiger partial charge in [0.15, 0.2) is 5.69 Å². The summed E-state index contributed by atoms with van der Waals surface area (Å²) in [5.41, 5.74) is 6.97. The van der Waals surface area contributed by atoms with Crippen molar-refractivity contribution < 1.29 is 9.59 Å². The standard InChI is InChI=1S/C15H14ClN5O2/c1-8-13(14(15(17)23)20-19-8)18-12(22)7-21-5-4-9-2-3-10(16)6-11(9)21/h2-6H,7H2,1H3,(H2,17,23)(H,18,22)(H,19,20). The van der Waals surface area contributed by atoms with Crippen LogP contribution in [0.3, 0.4) is 0 Å². The van der Waals surface area contributed by atoms with E-state index in [2.05, 4.69) is 15.5 Å². The second kappa shape index (κ2) is 5.77. The van der Waals surface area contributed by atoms with Gasteiger partial charge in [-0.2, -0.15) is 5.10 Å². The molecule has 0 fully saturated rings. The molecule has 4 N–H and O–H groups in total. The van der Waals surface area contributed by atoms with Crippen LogP contribution in [0.15, 0.2) is 30.5 Å². The van der Waals surface area contributed by atoms with E-state index < -0.39 is 5.91 Å². The van der Waals surface area contributed by atoms with Crippen molar-refractivity contribution in [3.05, 3.63) is 46.9 Å². The maximum atomic E-state index is 12.3. The van der Waals surface area contributed by atoms with Crippen LogP contribution >= 0.6 is 11.6 Å². The molecule has 2 heterocycles. The van der Waals surface area contributed by atoms with Crippen molar-refractivity contribution in [2.45, 2.75) is 13.5 Å². The Morgan fingerprint density at radius 3 is 2.91 bits per heavy atom. The molecule has 0 saturated heterocycles. The quantitative estimate of drug-likeness (QED) is 0.681. The molecule has 0 unspecified atom stereocenters. The van der Waals surface area contributed by atoms with Gasteiger partial charge in [0.05, 0.1) is 11.4 Å². The molecule has 0 aliphatic rings. The van der Waals surface area contributed by atoms with E-state index in [0.717, 1.165) is 10.9 Å². The lowest BCUT2D eigenvalue weighted by atomic mass is 10.2. The third-order valence-corrected chi connectivity index (χ3v) is 3.73. The molecular weight excluding hydrogens is 318 g/mol. The van der Waals surface area contributed by atoms with Gasteiger partial charge in [-0.3, -0.25) is 14.7 Å². The molecule has 0 saturated carbocycles. The fourth-order valence-corrected chi connectivity index (χ4v) is 2.56. The lowest BCUT2D eigenvalue weighted by Crippen LogP contribution is -2.21. The number of H-pyrrole nitrogens is 1. The predicted molar refractivity (Wildman–Crippen MR) is 87.4 cm³/mol. The number of aromatic amines is 1. The summed E-state index contributed by atoms with van der Waals surface area (Å²) in [5, 5.41) is 10.7. The topological polar surface area (TPSA) is 106 Å². The fourth-order valence-electron chi connectivity index (χ4n) is 2.39. The number of primary amides is 1. The molecule has 118 valence electrons. The highest BCUT2D eigenvalue weighted by Gasteiger charge is 2.17. The zero-order chi connectivity index (χ0) is 16.6. The summed E-state index contributed by atoms with van der Waals surface area (Å²) >= 11 is 6.00. The molecule has 3 aromatic rings. The van der Waals surface area contributed by atoms with Gasteiger partial charge in [-0.25, -0.2) is 0 Å². The van der Waals surface area contributed by atoms with Crippen LogP contribution < -0.4 is 11.1 Å². The SMILES string of the molecule is Cc1[nH]nc(C(N)=O)c1NC(=O)Cn1ccc2ccc(Cl)cc21. The average Bonchev–Trinajstić information content (AvgIpc) is 3.04. The summed E-state index contributed by atoms with van der Waals surface area (Å²) in [7, 11) is 0. The van der Waals surface area contributed by atoms with Gasteiger partial charge in [0.2, 0.25) is 5.91 Å². The Morgan fingerprint density at radius 2 is 2.17 bits per heavy atom. The number of amides is 2. The minimum Gasteiger partial charge on any atom is -0.364 e. The monoisotopic (exact) mass is 331 g/mol. The highest BCUT2D eigenvalue weighted by Crippen LogP contribution is 2.21. The van der Waals surface area contributed by atoms with Crippen LogP contribution in [-0.2, 0) is 11.3 Å². The lowest BCUT2D eigenvalue weighted by molar-refractivity contribution is -0.116. The van der Waals surface area contributed by atoms with Crippen molar-refractivity contribution in [2.24, 2.45) is 5.73 Å². The smallest absolute Gasteiger partial charge is 0.271 e. The maximum absolute atomic E-state index is 12.3. The maximum Gasteiger partial charge on any atom is 0.271 e. The number of nitrogens with zero attached hydrogens (tertiary/aromatic N) is 2. The van der Waals surface area contributed by atoms with Crippen LogP contribution in [-0.4, -0.2) is 26.6 Å². The molecule has 3 rings (SSSR count). The molecule has 0 bridgehead atoms. The van der Waals surface area contributed by atoms with Gasteiger partial charge in [-0.1, -0.05) is 17.7 Å². The minimum absolute atomic E-state index is 0.0104. The van der Waals surface area contributed by atoms with Crippen molar-refractivity contribution >= 4 is 40.0 Å². The van der Waals surface area contributed by atoms with Gasteiger partial charge >= 0.3 is 0 Å². The van der Waals surface area contributed by atoms with Crippen molar-refractivity contribution in [2.75, 3.05) is 5.32 Å². The Bertz CT molecular complexity index is 912. The summed E-state index contributed by atoms with van der Waals surface area (Å²) in [6.45, 7) is 1.77. The Kier molecular flexibility index (Phi) is 3.79. The number of aryl methyl sites for hydroxylation is 1. The third kappa shape index (κ3) is 2.91. The van der Waals surface area contributed by atoms with Gasteiger partial charge in [0.1, 0.15) is 6.54 Å². The minimum atomic E-state index is -0.706. The second-order valence-corrected chi connectivity index (χ2v) is 5.57. The molecule has 0 spiro atoms. The molecule has 23 heavy (non-hydrogen) atoms. The number of hydrogen-bond acceptors (Lipinski definition) is 3. The van der Waals surface area contributed by atoms with Crippen LogP contribution in [0.4, 0.5) is 5.69 Å². The van der Waals surface area contributed by atoms with Crippen molar-refractivity contribution in [3.63, 3.8) is 0 Å². The van der Waals surface area contributed by atoms with E-state index in [1.54, 1.807) is 29.8 Å². The summed E-state index contributed by atoms with van der Waals surface area (Å²) in [6.07, 6.45) is 1.80. The second-order valence-electron chi connectivity index (χ2n) is 5.13. The number of nitrogens with two attached hydrogens (primary N) is 1. The predicted octanol–water partition coefficient (Wildman–Crippen LogP) is 2.06. The van der Waals surface area contributed by atoms with Crippen molar-refractivity contribution in [1.29, 1.82) is 0 Å². The average molecular weight is 332 g/mol. The third-order valence-electron chi connectivity index (χ3n) is 3.49. The van der Waals surface area contributed by atoms with Gasteiger partial charge in [-0.15, -0.1) is 0 Å². The van der Waals surface area contributed by atoms with Gasteiger partial charge in [0, 0.05) is 16.7 Å². The largest absolute Gasteiger partial charge is 0.364 e. The van der Waals surface area contributed by atoms with Crippen molar-refractivity contribution in [1.82, 2.24) is 14.8 Å². The number of nitrogens with one attached hydrogen (secondary N) is 2. The number of carbonyl (C=O) groups excluding carboxylic acids is 2. The van der Waals surface area contributed by atoms with E-state index >= 15 is 0 Å². The van der Waals surface area contributed by atoms with Crippen LogP contribution in [0.25, 0.3) is 10.9 Å². The normalized spacial score (nSPS) is 10.9. The van der Waals surface area contributed by atoms with E-state index in [-0.39, 0.29) is 18.1 Å². The lowest BCUT2D eigenvalue weighted by Gasteiger charge is -2.08. The number of hydrogen-bond donors (Lipinski definition) is 3. The molecule has 2 aromatic heterocycles. The van der Waals surface area contributed by atoms with E-state index in [0.29, 0.717) is 16.4 Å². The first-order chi connectivity index (χ1) is 11.0. The number of halogens is 1. The van der Waals surface area contributed by atoms with E-state index in [9.17, 15) is 9.59 Å². The van der Waals surface area contributed by atoms with Crippen LogP contribution in [0, 0.1) is 6.92 Å². The molecule has 0 aliphatic carbocycles. The van der Waals surface area contributed by atoms with Crippen LogP contribution in [0.2, 0.25) is 5.02 Å². The number of aromatic nitrogens is 3. The number of rotatable bonds is 4. The highest BCUT2D eigenvalue weighted by molar-refractivity contribution is 6.31. The number of anilines is 1. The molecular formula is C15H14ClN5O2. The van der Waals surface area contributed by atoms with Gasteiger partial charge in [0.25, 0.3) is 5.91 Å². The number of carbonyl (C=O) groups is 2. The molecule has 0 atom stereocenters. The van der Waals surface area contributed by atoms with Crippen molar-refractivity contribution in [3.8, 4) is 0 Å².